The number of ketones is 1. The van der Waals surface area contributed by atoms with Crippen LogP contribution in [0, 0.1) is 17.1 Å². The molecule has 0 saturated carbocycles. The second-order valence-corrected chi connectivity index (χ2v) is 5.28. The van der Waals surface area contributed by atoms with Gasteiger partial charge in [-0.15, -0.1) is 0 Å². The number of carbonyl (C=O) groups excluding carboxylic acids is 1. The number of nitrogens with zero attached hydrogens (tertiary/aromatic N) is 1. The molecule has 2 aromatic carbocycles. The number of nitriles is 1. The third-order valence-electron chi connectivity index (χ3n) is 2.98. The van der Waals surface area contributed by atoms with Crippen LogP contribution >= 0.6 is 15.9 Å². The van der Waals surface area contributed by atoms with Gasteiger partial charge in [-0.2, -0.15) is 5.26 Å². The predicted molar refractivity (Wildman–Crippen MR) is 77.8 cm³/mol. The molecule has 2 rings (SSSR count). The molecule has 20 heavy (non-hydrogen) atoms. The molecule has 1 unspecified atom stereocenters. The van der Waals surface area contributed by atoms with Crippen LogP contribution in [0.25, 0.3) is 0 Å². The standard InChI is InChI=1S/C16H11BrFNO/c17-14-5-1-12(2-6-14)16(20)9-13(10-19)11-3-7-15(18)8-4-11/h1-8,13H,9H2. The average molecular weight is 332 g/mol. The SMILES string of the molecule is N#CC(CC(=O)c1ccc(Br)cc1)c1ccc(F)cc1. The lowest BCUT2D eigenvalue weighted by Crippen LogP contribution is -2.06. The van der Waals surface area contributed by atoms with Gasteiger partial charge in [0.25, 0.3) is 0 Å². The zero-order chi connectivity index (χ0) is 14.5. The summed E-state index contributed by atoms with van der Waals surface area (Å²) in [5.74, 6) is -1.02. The van der Waals surface area contributed by atoms with Crippen LogP contribution in [-0.2, 0) is 0 Å². The third-order valence-corrected chi connectivity index (χ3v) is 3.51. The lowest BCUT2D eigenvalue weighted by molar-refractivity contribution is 0.0979. The Morgan fingerprint density at radius 2 is 1.75 bits per heavy atom. The first kappa shape index (κ1) is 14.4. The fourth-order valence-corrected chi connectivity index (χ4v) is 2.14. The highest BCUT2D eigenvalue weighted by molar-refractivity contribution is 9.10. The van der Waals surface area contributed by atoms with Crippen molar-refractivity contribution in [2.24, 2.45) is 0 Å². The maximum absolute atomic E-state index is 12.9. The topological polar surface area (TPSA) is 40.9 Å². The number of hydrogen-bond donors (Lipinski definition) is 0. The number of hydrogen-bond acceptors (Lipinski definition) is 2. The molecule has 0 aliphatic rings. The van der Waals surface area contributed by atoms with Crippen molar-refractivity contribution in [1.29, 1.82) is 5.26 Å². The van der Waals surface area contributed by atoms with Crippen molar-refractivity contribution < 1.29 is 9.18 Å². The number of Topliss-reactive ketones (excluding diaryl/α,β-unsaturated/α-hetero) is 1. The van der Waals surface area contributed by atoms with Crippen molar-refractivity contribution in [3.8, 4) is 6.07 Å². The van der Waals surface area contributed by atoms with Crippen LogP contribution < -0.4 is 0 Å². The first-order valence-corrected chi connectivity index (χ1v) is 6.83. The zero-order valence-corrected chi connectivity index (χ0v) is 12.1. The minimum Gasteiger partial charge on any atom is -0.294 e. The average Bonchev–Trinajstić information content (AvgIpc) is 2.46. The molecular formula is C16H11BrFNO. The summed E-state index contributed by atoms with van der Waals surface area (Å²) in [5, 5.41) is 9.19. The molecule has 0 amide bonds. The highest BCUT2D eigenvalue weighted by Crippen LogP contribution is 2.22. The summed E-state index contributed by atoms with van der Waals surface area (Å²) >= 11 is 3.30. The largest absolute Gasteiger partial charge is 0.294 e. The Hall–Kier alpha value is -1.99. The minimum atomic E-state index is -0.563. The number of carbonyl (C=O) groups is 1. The van der Waals surface area contributed by atoms with Gasteiger partial charge in [0.15, 0.2) is 5.78 Å². The van der Waals surface area contributed by atoms with Crippen molar-refractivity contribution in [2.75, 3.05) is 0 Å². The third kappa shape index (κ3) is 3.52. The van der Waals surface area contributed by atoms with Gasteiger partial charge in [0, 0.05) is 16.5 Å². The van der Waals surface area contributed by atoms with Crippen LogP contribution in [0.15, 0.2) is 53.0 Å². The van der Waals surface area contributed by atoms with Crippen molar-refractivity contribution in [1.82, 2.24) is 0 Å². The normalized spacial score (nSPS) is 11.7. The summed E-state index contributed by atoms with van der Waals surface area (Å²) in [6.45, 7) is 0. The fraction of sp³-hybridized carbons (Fsp3) is 0.125. The van der Waals surface area contributed by atoms with Crippen molar-refractivity contribution in [2.45, 2.75) is 12.3 Å². The predicted octanol–water partition coefficient (Wildman–Crippen LogP) is 4.47. The van der Waals surface area contributed by atoms with Gasteiger partial charge < -0.3 is 0 Å². The van der Waals surface area contributed by atoms with E-state index in [4.69, 9.17) is 0 Å². The molecule has 0 radical (unpaired) electrons. The van der Waals surface area contributed by atoms with Gasteiger partial charge in [0.1, 0.15) is 5.82 Å². The summed E-state index contributed by atoms with van der Waals surface area (Å²) in [4.78, 5) is 12.1. The Bertz CT molecular complexity index is 644. The highest BCUT2D eigenvalue weighted by atomic mass is 79.9. The molecule has 0 N–H and O–H groups in total. The molecule has 0 aliphatic carbocycles. The molecule has 0 aromatic heterocycles. The van der Waals surface area contributed by atoms with E-state index in [1.54, 1.807) is 24.3 Å². The molecule has 0 aliphatic heterocycles. The number of halogens is 2. The van der Waals surface area contributed by atoms with E-state index in [-0.39, 0.29) is 18.0 Å². The van der Waals surface area contributed by atoms with E-state index in [0.29, 0.717) is 11.1 Å². The Balaban J connectivity index is 2.14. The smallest absolute Gasteiger partial charge is 0.164 e. The van der Waals surface area contributed by atoms with Crippen molar-refractivity contribution in [3.05, 3.63) is 69.9 Å². The van der Waals surface area contributed by atoms with Gasteiger partial charge >= 0.3 is 0 Å². The summed E-state index contributed by atoms with van der Waals surface area (Å²) < 4.78 is 13.8. The maximum atomic E-state index is 12.9. The van der Waals surface area contributed by atoms with Crippen LogP contribution in [0.5, 0.6) is 0 Å². The summed E-state index contributed by atoms with van der Waals surface area (Å²) in [6, 6.07) is 14.8. The lowest BCUT2D eigenvalue weighted by Gasteiger charge is -2.08. The van der Waals surface area contributed by atoms with Crippen LogP contribution in [0.2, 0.25) is 0 Å². The molecule has 0 bridgehead atoms. The zero-order valence-electron chi connectivity index (χ0n) is 10.5. The van der Waals surface area contributed by atoms with E-state index >= 15 is 0 Å². The summed E-state index contributed by atoms with van der Waals surface area (Å²) in [5.41, 5.74) is 1.22. The van der Waals surface area contributed by atoms with E-state index in [1.807, 2.05) is 0 Å². The van der Waals surface area contributed by atoms with Gasteiger partial charge in [-0.1, -0.05) is 40.2 Å². The molecule has 1 atom stereocenters. The summed E-state index contributed by atoms with van der Waals surface area (Å²) in [7, 11) is 0. The van der Waals surface area contributed by atoms with Gasteiger partial charge in [0.2, 0.25) is 0 Å². The van der Waals surface area contributed by atoms with Gasteiger partial charge in [-0.3, -0.25) is 4.79 Å². The molecule has 2 nitrogen and oxygen atoms in total. The maximum Gasteiger partial charge on any atom is 0.164 e. The summed E-state index contributed by atoms with van der Waals surface area (Å²) in [6.07, 6.45) is 0.0871. The Morgan fingerprint density at radius 3 is 2.30 bits per heavy atom. The molecule has 2 aromatic rings. The second-order valence-electron chi connectivity index (χ2n) is 4.37. The number of rotatable bonds is 4. The number of benzene rings is 2. The lowest BCUT2D eigenvalue weighted by atomic mass is 9.93. The molecule has 4 heteroatoms. The molecule has 100 valence electrons. The van der Waals surface area contributed by atoms with E-state index < -0.39 is 5.92 Å². The highest BCUT2D eigenvalue weighted by Gasteiger charge is 2.16. The Kier molecular flexibility index (Phi) is 4.65. The van der Waals surface area contributed by atoms with E-state index in [9.17, 15) is 14.4 Å². The molecule has 0 spiro atoms. The van der Waals surface area contributed by atoms with Gasteiger partial charge in [-0.25, -0.2) is 4.39 Å². The van der Waals surface area contributed by atoms with Crippen LogP contribution in [0.1, 0.15) is 28.3 Å². The minimum absolute atomic E-state index is 0.0871. The Labute approximate surface area is 125 Å². The van der Waals surface area contributed by atoms with Crippen LogP contribution in [0.4, 0.5) is 4.39 Å². The Morgan fingerprint density at radius 1 is 1.15 bits per heavy atom. The van der Waals surface area contributed by atoms with E-state index in [2.05, 4.69) is 22.0 Å². The quantitative estimate of drug-likeness (QED) is 0.775. The van der Waals surface area contributed by atoms with Gasteiger partial charge in [-0.05, 0) is 29.8 Å². The molecule has 0 saturated heterocycles. The van der Waals surface area contributed by atoms with Crippen LogP contribution in [-0.4, -0.2) is 5.78 Å². The second kappa shape index (κ2) is 6.44. The fourth-order valence-electron chi connectivity index (χ4n) is 1.87. The van der Waals surface area contributed by atoms with E-state index in [1.165, 1.54) is 24.3 Å². The molecule has 0 fully saturated rings. The van der Waals surface area contributed by atoms with Crippen molar-refractivity contribution >= 4 is 21.7 Å². The van der Waals surface area contributed by atoms with Crippen molar-refractivity contribution in [3.63, 3.8) is 0 Å². The van der Waals surface area contributed by atoms with E-state index in [0.717, 1.165) is 4.47 Å². The molecular weight excluding hydrogens is 321 g/mol. The van der Waals surface area contributed by atoms with Crippen LogP contribution in [0.3, 0.4) is 0 Å². The molecule has 0 heterocycles. The van der Waals surface area contributed by atoms with Gasteiger partial charge in [0.05, 0.1) is 12.0 Å². The first-order chi connectivity index (χ1) is 9.60. The monoisotopic (exact) mass is 331 g/mol. The first-order valence-electron chi connectivity index (χ1n) is 6.04.